The summed E-state index contributed by atoms with van der Waals surface area (Å²) in [5.41, 5.74) is 0.232. The molecule has 1 fully saturated rings. The Labute approximate surface area is 131 Å². The summed E-state index contributed by atoms with van der Waals surface area (Å²) in [6.07, 6.45) is 1.36. The van der Waals surface area contributed by atoms with Gasteiger partial charge in [-0.05, 0) is 24.3 Å². The van der Waals surface area contributed by atoms with Gasteiger partial charge in [0.1, 0.15) is 16.7 Å². The summed E-state index contributed by atoms with van der Waals surface area (Å²) >= 11 is 9.12. The quantitative estimate of drug-likeness (QED) is 0.650. The van der Waals surface area contributed by atoms with Crippen LogP contribution in [-0.2, 0) is 9.59 Å². The fourth-order valence-corrected chi connectivity index (χ4v) is 3.16. The number of halogens is 2. The first-order valence-corrected chi connectivity index (χ1v) is 7.32. The molecular weight excluding hydrogens is 369 g/mol. The number of carboxylic acids is 1. The van der Waals surface area contributed by atoms with Gasteiger partial charge in [-0.15, -0.1) is 0 Å². The van der Waals surface area contributed by atoms with Gasteiger partial charge in [-0.3, -0.25) is 14.5 Å². The molecule has 1 aliphatic rings. The van der Waals surface area contributed by atoms with E-state index in [1.54, 1.807) is 6.07 Å². The van der Waals surface area contributed by atoms with Crippen LogP contribution in [-0.4, -0.2) is 32.7 Å². The summed E-state index contributed by atoms with van der Waals surface area (Å²) in [5, 5.41) is 8.72. The van der Waals surface area contributed by atoms with E-state index in [-0.39, 0.29) is 14.8 Å². The van der Waals surface area contributed by atoms with Gasteiger partial charge in [-0.1, -0.05) is 39.9 Å². The van der Waals surface area contributed by atoms with Crippen molar-refractivity contribution >= 4 is 62.2 Å². The fourth-order valence-electron chi connectivity index (χ4n) is 1.54. The van der Waals surface area contributed by atoms with E-state index in [4.69, 9.17) is 17.3 Å². The predicted octanol–water partition coefficient (Wildman–Crippen LogP) is 2.87. The minimum Gasteiger partial charge on any atom is -0.480 e. The summed E-state index contributed by atoms with van der Waals surface area (Å²) in [7, 11) is 0. The molecule has 0 saturated carbocycles. The van der Waals surface area contributed by atoms with Crippen LogP contribution in [0.1, 0.15) is 5.56 Å². The molecule has 0 unspecified atom stereocenters. The standard InChI is InChI=1S/C12H7BrFNO3S2/c13-7-1-2-8(14)6(3-7)4-9-11(18)15(5-10(16)17)12(19)20-9/h1-4H,5H2,(H,16,17)/b9-4+. The lowest BCUT2D eigenvalue weighted by Crippen LogP contribution is -2.33. The van der Waals surface area contributed by atoms with Crippen LogP contribution in [0.15, 0.2) is 27.6 Å². The zero-order valence-electron chi connectivity index (χ0n) is 9.80. The normalized spacial score (nSPS) is 17.1. The number of thioether (sulfide) groups is 1. The van der Waals surface area contributed by atoms with Crippen molar-refractivity contribution in [2.45, 2.75) is 0 Å². The smallest absolute Gasteiger partial charge is 0.323 e. The van der Waals surface area contributed by atoms with Gasteiger partial charge in [-0.2, -0.15) is 0 Å². The number of nitrogens with zero attached hydrogens (tertiary/aromatic N) is 1. The first-order chi connectivity index (χ1) is 9.38. The number of aliphatic carboxylic acids is 1. The zero-order valence-corrected chi connectivity index (χ0v) is 13.0. The second-order valence-corrected chi connectivity index (χ2v) is 6.42. The maximum absolute atomic E-state index is 13.6. The Kier molecular flexibility index (Phi) is 4.56. The predicted molar refractivity (Wildman–Crippen MR) is 81.6 cm³/mol. The first kappa shape index (κ1) is 15.1. The number of thiocarbonyl (C=S) groups is 1. The highest BCUT2D eigenvalue weighted by atomic mass is 79.9. The van der Waals surface area contributed by atoms with Gasteiger partial charge in [0, 0.05) is 10.0 Å². The Morgan fingerprint density at radius 1 is 1.55 bits per heavy atom. The van der Waals surface area contributed by atoms with Gasteiger partial charge in [0.2, 0.25) is 0 Å². The van der Waals surface area contributed by atoms with E-state index in [9.17, 15) is 14.0 Å². The highest BCUT2D eigenvalue weighted by molar-refractivity contribution is 9.10. The van der Waals surface area contributed by atoms with E-state index >= 15 is 0 Å². The van der Waals surface area contributed by atoms with Crippen molar-refractivity contribution in [2.24, 2.45) is 0 Å². The topological polar surface area (TPSA) is 57.6 Å². The van der Waals surface area contributed by atoms with Crippen LogP contribution in [0.25, 0.3) is 6.08 Å². The largest absolute Gasteiger partial charge is 0.480 e. The molecule has 1 aromatic carbocycles. The summed E-state index contributed by atoms with van der Waals surface area (Å²) in [6.45, 7) is -0.497. The van der Waals surface area contributed by atoms with Crippen molar-refractivity contribution < 1.29 is 19.1 Å². The first-order valence-electron chi connectivity index (χ1n) is 5.30. The monoisotopic (exact) mass is 375 g/mol. The molecule has 1 N–H and O–H groups in total. The van der Waals surface area contributed by atoms with Crippen molar-refractivity contribution in [1.82, 2.24) is 4.90 Å². The Morgan fingerprint density at radius 2 is 2.25 bits per heavy atom. The molecule has 0 atom stereocenters. The molecule has 0 bridgehead atoms. The second kappa shape index (κ2) is 6.02. The van der Waals surface area contributed by atoms with Crippen molar-refractivity contribution in [3.63, 3.8) is 0 Å². The maximum Gasteiger partial charge on any atom is 0.323 e. The number of hydrogen-bond donors (Lipinski definition) is 1. The summed E-state index contributed by atoms with van der Waals surface area (Å²) in [5.74, 6) is -2.16. The van der Waals surface area contributed by atoms with E-state index in [1.165, 1.54) is 18.2 Å². The minimum absolute atomic E-state index is 0.152. The number of carboxylic acid groups (broad SMARTS) is 1. The van der Waals surface area contributed by atoms with Crippen LogP contribution in [0.3, 0.4) is 0 Å². The average molecular weight is 376 g/mol. The number of benzene rings is 1. The van der Waals surface area contributed by atoms with Crippen LogP contribution >= 0.6 is 39.9 Å². The fraction of sp³-hybridized carbons (Fsp3) is 0.0833. The van der Waals surface area contributed by atoms with E-state index in [0.29, 0.717) is 4.47 Å². The number of carbonyl (C=O) groups is 2. The molecule has 2 rings (SSSR count). The molecular formula is C12H7BrFNO3S2. The van der Waals surface area contributed by atoms with Crippen molar-refractivity contribution in [2.75, 3.05) is 6.54 Å². The average Bonchev–Trinajstić information content (AvgIpc) is 2.61. The molecule has 8 heteroatoms. The molecule has 1 aromatic rings. The molecule has 0 aromatic heterocycles. The molecule has 0 aliphatic carbocycles. The lowest BCUT2D eigenvalue weighted by atomic mass is 10.2. The highest BCUT2D eigenvalue weighted by Crippen LogP contribution is 2.33. The number of carbonyl (C=O) groups excluding carboxylic acids is 1. The van der Waals surface area contributed by atoms with Crippen molar-refractivity contribution in [3.8, 4) is 0 Å². The van der Waals surface area contributed by atoms with Gasteiger partial charge in [-0.25, -0.2) is 4.39 Å². The molecule has 1 amide bonds. The Balaban J connectivity index is 2.32. The summed E-state index contributed by atoms with van der Waals surface area (Å²) < 4.78 is 14.5. The van der Waals surface area contributed by atoms with Crippen LogP contribution in [0.2, 0.25) is 0 Å². The van der Waals surface area contributed by atoms with Crippen LogP contribution in [0.4, 0.5) is 4.39 Å². The third-order valence-electron chi connectivity index (χ3n) is 2.41. The van der Waals surface area contributed by atoms with E-state index in [1.807, 2.05) is 0 Å². The molecule has 0 spiro atoms. The summed E-state index contributed by atoms with van der Waals surface area (Å²) in [6, 6.07) is 4.34. The van der Waals surface area contributed by atoms with Crippen LogP contribution < -0.4 is 0 Å². The lowest BCUT2D eigenvalue weighted by Gasteiger charge is -2.10. The zero-order chi connectivity index (χ0) is 14.9. The van der Waals surface area contributed by atoms with Gasteiger partial charge in [0.25, 0.3) is 5.91 Å². The Bertz CT molecular complexity index is 648. The van der Waals surface area contributed by atoms with E-state index < -0.39 is 24.2 Å². The lowest BCUT2D eigenvalue weighted by molar-refractivity contribution is -0.140. The molecule has 20 heavy (non-hydrogen) atoms. The molecule has 1 saturated heterocycles. The van der Waals surface area contributed by atoms with Gasteiger partial charge < -0.3 is 5.11 Å². The highest BCUT2D eigenvalue weighted by Gasteiger charge is 2.33. The van der Waals surface area contributed by atoms with Gasteiger partial charge in [0.05, 0.1) is 4.91 Å². The van der Waals surface area contributed by atoms with Crippen molar-refractivity contribution in [1.29, 1.82) is 0 Å². The van der Waals surface area contributed by atoms with Gasteiger partial charge >= 0.3 is 5.97 Å². The second-order valence-electron chi connectivity index (χ2n) is 3.83. The summed E-state index contributed by atoms with van der Waals surface area (Å²) in [4.78, 5) is 23.8. The SMILES string of the molecule is O=C(O)CN1C(=O)/C(=C\c2cc(Br)ccc2F)SC1=S. The van der Waals surface area contributed by atoms with Crippen LogP contribution in [0.5, 0.6) is 0 Å². The number of hydrogen-bond acceptors (Lipinski definition) is 4. The molecule has 4 nitrogen and oxygen atoms in total. The molecule has 0 radical (unpaired) electrons. The van der Waals surface area contributed by atoms with E-state index in [0.717, 1.165) is 16.7 Å². The maximum atomic E-state index is 13.6. The van der Waals surface area contributed by atoms with Crippen LogP contribution in [0, 0.1) is 5.82 Å². The minimum atomic E-state index is -1.16. The van der Waals surface area contributed by atoms with Gasteiger partial charge in [0.15, 0.2) is 0 Å². The molecule has 104 valence electrons. The number of rotatable bonds is 3. The molecule has 1 aliphatic heterocycles. The Morgan fingerprint density at radius 3 is 2.90 bits per heavy atom. The number of amides is 1. The third kappa shape index (κ3) is 3.25. The van der Waals surface area contributed by atoms with E-state index in [2.05, 4.69) is 15.9 Å². The third-order valence-corrected chi connectivity index (χ3v) is 4.28. The molecule has 1 heterocycles. The van der Waals surface area contributed by atoms with Crippen molar-refractivity contribution in [3.05, 3.63) is 39.0 Å². The Hall–Kier alpha value is -1.25.